The predicted octanol–water partition coefficient (Wildman–Crippen LogP) is 6.59. The molecule has 0 saturated carbocycles. The summed E-state index contributed by atoms with van der Waals surface area (Å²) >= 11 is 0. The molecule has 0 saturated heterocycles. The summed E-state index contributed by atoms with van der Waals surface area (Å²) in [5.41, 5.74) is 1.87. The van der Waals surface area contributed by atoms with Gasteiger partial charge in [-0.2, -0.15) is 0 Å². The fourth-order valence-corrected chi connectivity index (χ4v) is 6.44. The Balaban J connectivity index is 1.88. The first-order valence-corrected chi connectivity index (χ1v) is 14.3. The van der Waals surface area contributed by atoms with Gasteiger partial charge in [-0.25, -0.2) is 13.2 Å². The normalized spacial score (nSPS) is 12.9. The molecule has 0 aliphatic heterocycles. The fraction of sp³-hybridized carbons (Fsp3) is 0.333. The summed E-state index contributed by atoms with van der Waals surface area (Å²) in [4.78, 5) is 24.7. The van der Waals surface area contributed by atoms with Gasteiger partial charge in [-0.05, 0) is 54.2 Å². The molecule has 3 aromatic carbocycles. The zero-order chi connectivity index (χ0) is 26.7. The molecule has 0 aliphatic rings. The minimum atomic E-state index is -3.79. The van der Waals surface area contributed by atoms with Crippen molar-refractivity contribution in [2.75, 3.05) is 11.1 Å². The first-order chi connectivity index (χ1) is 17.8. The first-order valence-electron chi connectivity index (χ1n) is 12.6. The number of carbonyl (C=O) groups excluding carboxylic acids is 2. The van der Waals surface area contributed by atoms with Crippen LogP contribution in [0.4, 0.5) is 10.5 Å². The lowest BCUT2D eigenvalue weighted by Gasteiger charge is -2.27. The molecule has 7 heteroatoms. The molecule has 0 aromatic heterocycles. The monoisotopic (exact) mass is 521 g/mol. The van der Waals surface area contributed by atoms with Crippen molar-refractivity contribution in [3.8, 4) is 0 Å². The zero-order valence-corrected chi connectivity index (χ0v) is 22.3. The average Bonchev–Trinajstić information content (AvgIpc) is 2.91. The molecule has 1 atom stereocenters. The zero-order valence-electron chi connectivity index (χ0n) is 21.5. The van der Waals surface area contributed by atoms with Crippen LogP contribution >= 0.6 is 0 Å². The highest BCUT2D eigenvalue weighted by Gasteiger charge is 2.35. The van der Waals surface area contributed by atoms with Gasteiger partial charge in [-0.15, -0.1) is 0 Å². The van der Waals surface area contributed by atoms with Gasteiger partial charge in [0.05, 0.1) is 10.6 Å². The van der Waals surface area contributed by atoms with E-state index in [0.29, 0.717) is 30.5 Å². The van der Waals surface area contributed by atoms with Gasteiger partial charge in [-0.1, -0.05) is 87.4 Å². The SMILES string of the molecule is CCCCC(C=O)(CC)CS(=O)(=O)c1ccc(NC(=O)OCc2ccccc2)cc1Cc1ccccc1. The number of aldehydes is 1. The van der Waals surface area contributed by atoms with Crippen LogP contribution in [0.15, 0.2) is 83.8 Å². The third kappa shape index (κ3) is 8.02. The summed E-state index contributed by atoms with van der Waals surface area (Å²) in [6.07, 6.45) is 3.20. The van der Waals surface area contributed by atoms with E-state index in [1.54, 1.807) is 12.1 Å². The van der Waals surface area contributed by atoms with Crippen molar-refractivity contribution in [1.29, 1.82) is 0 Å². The Morgan fingerprint density at radius 2 is 1.59 bits per heavy atom. The van der Waals surface area contributed by atoms with Gasteiger partial charge in [0, 0.05) is 11.1 Å². The lowest BCUT2D eigenvalue weighted by atomic mass is 9.84. The first kappa shape index (κ1) is 28.1. The van der Waals surface area contributed by atoms with Gasteiger partial charge in [0.2, 0.25) is 0 Å². The van der Waals surface area contributed by atoms with E-state index >= 15 is 0 Å². The lowest BCUT2D eigenvalue weighted by Crippen LogP contribution is -2.32. The van der Waals surface area contributed by atoms with Crippen LogP contribution in [0.3, 0.4) is 0 Å². The predicted molar refractivity (Wildman–Crippen MR) is 146 cm³/mol. The van der Waals surface area contributed by atoms with Crippen LogP contribution in [0.25, 0.3) is 0 Å². The maximum Gasteiger partial charge on any atom is 0.411 e. The number of nitrogens with one attached hydrogen (secondary N) is 1. The second kappa shape index (κ2) is 13.2. The van der Waals surface area contributed by atoms with Crippen molar-refractivity contribution in [2.45, 2.75) is 57.5 Å². The van der Waals surface area contributed by atoms with E-state index in [-0.39, 0.29) is 17.3 Å². The molecule has 1 unspecified atom stereocenters. The van der Waals surface area contributed by atoms with E-state index in [1.165, 1.54) is 6.07 Å². The number of sulfone groups is 1. The Morgan fingerprint density at radius 1 is 0.946 bits per heavy atom. The standard InChI is InChI=1S/C30H35NO5S/c1-3-5-18-30(4-2,22-32)23-37(34,35)28-17-16-27(20-26(28)19-24-12-8-6-9-13-24)31-29(33)36-21-25-14-10-7-11-15-25/h6-17,20,22H,3-5,18-19,21,23H2,1-2H3,(H,31,33). The van der Waals surface area contributed by atoms with Crippen LogP contribution in [-0.4, -0.2) is 26.6 Å². The molecule has 0 radical (unpaired) electrons. The molecule has 196 valence electrons. The van der Waals surface area contributed by atoms with Gasteiger partial charge in [0.1, 0.15) is 12.9 Å². The number of unbranched alkanes of at least 4 members (excludes halogenated alkanes) is 1. The number of amides is 1. The van der Waals surface area contributed by atoms with Crippen molar-refractivity contribution in [3.05, 3.63) is 95.6 Å². The van der Waals surface area contributed by atoms with Crippen molar-refractivity contribution in [2.24, 2.45) is 5.41 Å². The maximum atomic E-state index is 13.7. The summed E-state index contributed by atoms with van der Waals surface area (Å²) < 4.78 is 32.6. The van der Waals surface area contributed by atoms with E-state index in [0.717, 1.165) is 30.3 Å². The summed E-state index contributed by atoms with van der Waals surface area (Å²) in [6, 6.07) is 23.6. The van der Waals surface area contributed by atoms with Gasteiger partial charge in [-0.3, -0.25) is 5.32 Å². The Hall–Kier alpha value is -3.45. The highest BCUT2D eigenvalue weighted by molar-refractivity contribution is 7.91. The Morgan fingerprint density at radius 3 is 2.19 bits per heavy atom. The molecule has 1 amide bonds. The number of carbonyl (C=O) groups is 2. The third-order valence-corrected chi connectivity index (χ3v) is 8.58. The molecule has 0 spiro atoms. The van der Waals surface area contributed by atoms with Crippen molar-refractivity contribution < 1.29 is 22.7 Å². The van der Waals surface area contributed by atoms with Crippen LogP contribution in [0.5, 0.6) is 0 Å². The van der Waals surface area contributed by atoms with E-state index < -0.39 is 21.3 Å². The highest BCUT2D eigenvalue weighted by Crippen LogP contribution is 2.33. The largest absolute Gasteiger partial charge is 0.444 e. The van der Waals surface area contributed by atoms with Crippen molar-refractivity contribution >= 4 is 27.9 Å². The fourth-order valence-electron chi connectivity index (χ4n) is 4.30. The summed E-state index contributed by atoms with van der Waals surface area (Å²) in [6.45, 7) is 4.01. The van der Waals surface area contributed by atoms with Crippen molar-refractivity contribution in [1.82, 2.24) is 0 Å². The van der Waals surface area contributed by atoms with Crippen LogP contribution < -0.4 is 5.32 Å². The second-order valence-electron chi connectivity index (χ2n) is 9.37. The molecule has 6 nitrogen and oxygen atoms in total. The van der Waals surface area contributed by atoms with Gasteiger partial charge in [0.25, 0.3) is 0 Å². The quantitative estimate of drug-likeness (QED) is 0.256. The Kier molecular flexibility index (Phi) is 10.0. The van der Waals surface area contributed by atoms with E-state index in [2.05, 4.69) is 5.32 Å². The summed E-state index contributed by atoms with van der Waals surface area (Å²) in [5.74, 6) is -0.242. The molecule has 0 fully saturated rings. The van der Waals surface area contributed by atoms with Crippen LogP contribution in [0.2, 0.25) is 0 Å². The molecule has 1 N–H and O–H groups in total. The molecular formula is C30H35NO5S. The molecule has 0 aliphatic carbocycles. The molecule has 37 heavy (non-hydrogen) atoms. The van der Waals surface area contributed by atoms with Gasteiger partial charge >= 0.3 is 6.09 Å². The van der Waals surface area contributed by atoms with Crippen LogP contribution in [-0.2, 0) is 32.4 Å². The topological polar surface area (TPSA) is 89.5 Å². The number of anilines is 1. The Labute approximate surface area is 220 Å². The molecule has 3 aromatic rings. The Bertz CT molecular complexity index is 1280. The number of benzene rings is 3. The number of hydrogen-bond acceptors (Lipinski definition) is 5. The van der Waals surface area contributed by atoms with E-state index in [1.807, 2.05) is 74.5 Å². The van der Waals surface area contributed by atoms with E-state index in [4.69, 9.17) is 4.74 Å². The number of hydrogen-bond donors (Lipinski definition) is 1. The molecule has 3 rings (SSSR count). The highest BCUT2D eigenvalue weighted by atomic mass is 32.2. The smallest absolute Gasteiger partial charge is 0.411 e. The summed E-state index contributed by atoms with van der Waals surface area (Å²) in [5, 5.41) is 2.70. The molecule has 0 heterocycles. The molecular weight excluding hydrogens is 486 g/mol. The minimum absolute atomic E-state index is 0.124. The van der Waals surface area contributed by atoms with Crippen LogP contribution in [0.1, 0.15) is 56.2 Å². The lowest BCUT2D eigenvalue weighted by molar-refractivity contribution is -0.115. The third-order valence-electron chi connectivity index (χ3n) is 6.55. The maximum absolute atomic E-state index is 13.7. The van der Waals surface area contributed by atoms with E-state index in [9.17, 15) is 18.0 Å². The van der Waals surface area contributed by atoms with Crippen molar-refractivity contribution in [3.63, 3.8) is 0 Å². The minimum Gasteiger partial charge on any atom is -0.444 e. The van der Waals surface area contributed by atoms with Gasteiger partial charge in [0.15, 0.2) is 9.84 Å². The van der Waals surface area contributed by atoms with Gasteiger partial charge < -0.3 is 9.53 Å². The number of ether oxygens (including phenoxy) is 1. The van der Waals surface area contributed by atoms with Crippen LogP contribution in [0, 0.1) is 5.41 Å². The summed E-state index contributed by atoms with van der Waals surface area (Å²) in [7, 11) is -3.79. The second-order valence-corrected chi connectivity index (χ2v) is 11.3. The number of rotatable bonds is 13. The molecule has 0 bridgehead atoms. The average molecular weight is 522 g/mol.